The van der Waals surface area contributed by atoms with E-state index in [9.17, 15) is 4.79 Å². The lowest BCUT2D eigenvalue weighted by Gasteiger charge is -2.18. The lowest BCUT2D eigenvalue weighted by molar-refractivity contribution is 0.0773. The highest BCUT2D eigenvalue weighted by Gasteiger charge is 2.13. The first-order chi connectivity index (χ1) is 8.67. The average molecular weight is 243 g/mol. The first-order valence-electron chi connectivity index (χ1n) is 6.10. The Morgan fingerprint density at radius 2 is 2.06 bits per heavy atom. The fraction of sp³-hybridized carbons (Fsp3) is 0.286. The number of hydrogen-bond acceptors (Lipinski definition) is 3. The van der Waals surface area contributed by atoms with Gasteiger partial charge in [0.2, 0.25) is 0 Å². The molecule has 0 aliphatic carbocycles. The summed E-state index contributed by atoms with van der Waals surface area (Å²) in [6.07, 6.45) is 1.60. The summed E-state index contributed by atoms with van der Waals surface area (Å²) in [6.45, 7) is 5.33. The number of para-hydroxylation sites is 1. The van der Waals surface area contributed by atoms with Crippen molar-refractivity contribution in [3.63, 3.8) is 0 Å². The number of aromatic nitrogens is 1. The Bertz CT molecular complexity index is 576. The molecule has 0 saturated carbocycles. The summed E-state index contributed by atoms with van der Waals surface area (Å²) in [5.74, 6) is 0.0109. The molecular formula is C14H17N3O. The molecule has 0 radical (unpaired) electrons. The predicted octanol–water partition coefficient (Wildman–Crippen LogP) is 2.30. The van der Waals surface area contributed by atoms with Gasteiger partial charge in [-0.15, -0.1) is 0 Å². The van der Waals surface area contributed by atoms with Crippen molar-refractivity contribution in [1.29, 1.82) is 0 Å². The molecule has 1 heterocycles. The summed E-state index contributed by atoms with van der Waals surface area (Å²) in [5.41, 5.74) is 7.82. The van der Waals surface area contributed by atoms with Crippen LogP contribution in [0.4, 0.5) is 5.69 Å². The maximum absolute atomic E-state index is 12.2. The van der Waals surface area contributed by atoms with Gasteiger partial charge in [0.15, 0.2) is 0 Å². The molecule has 0 unspecified atom stereocenters. The van der Waals surface area contributed by atoms with E-state index in [4.69, 9.17) is 5.73 Å². The molecule has 0 atom stereocenters. The quantitative estimate of drug-likeness (QED) is 0.841. The molecule has 2 N–H and O–H groups in total. The monoisotopic (exact) mass is 243 g/mol. The number of fused-ring (bicyclic) bond motifs is 1. The lowest BCUT2D eigenvalue weighted by Crippen LogP contribution is -2.30. The average Bonchev–Trinajstić information content (AvgIpc) is 2.40. The van der Waals surface area contributed by atoms with E-state index in [0.717, 1.165) is 10.9 Å². The van der Waals surface area contributed by atoms with Crippen LogP contribution in [-0.4, -0.2) is 28.9 Å². The van der Waals surface area contributed by atoms with Crippen LogP contribution in [0.1, 0.15) is 24.2 Å². The van der Waals surface area contributed by atoms with Crippen molar-refractivity contribution in [2.45, 2.75) is 13.8 Å². The summed E-state index contributed by atoms with van der Waals surface area (Å²) in [4.78, 5) is 18.2. The number of hydrogen-bond donors (Lipinski definition) is 1. The number of anilines is 1. The molecule has 1 amide bonds. The molecule has 0 fully saturated rings. The van der Waals surface area contributed by atoms with Gasteiger partial charge in [0.1, 0.15) is 0 Å². The Balaban J connectivity index is 2.44. The maximum Gasteiger partial charge on any atom is 0.255 e. The topological polar surface area (TPSA) is 59.2 Å². The van der Waals surface area contributed by atoms with Crippen molar-refractivity contribution < 1.29 is 4.79 Å². The number of nitrogen functional groups attached to an aromatic ring is 1. The Hall–Kier alpha value is -2.10. The van der Waals surface area contributed by atoms with E-state index >= 15 is 0 Å². The van der Waals surface area contributed by atoms with Crippen LogP contribution in [0, 0.1) is 0 Å². The minimum absolute atomic E-state index is 0.0109. The zero-order chi connectivity index (χ0) is 13.1. The van der Waals surface area contributed by atoms with Gasteiger partial charge in [-0.05, 0) is 26.0 Å². The number of carbonyl (C=O) groups excluding carboxylic acids is 1. The Morgan fingerprint density at radius 3 is 2.72 bits per heavy atom. The molecule has 94 valence electrons. The molecule has 2 aromatic rings. The summed E-state index contributed by atoms with van der Waals surface area (Å²) < 4.78 is 0. The Morgan fingerprint density at radius 1 is 1.33 bits per heavy atom. The van der Waals surface area contributed by atoms with Gasteiger partial charge in [0.25, 0.3) is 5.91 Å². The van der Waals surface area contributed by atoms with Crippen molar-refractivity contribution in [2.75, 3.05) is 18.8 Å². The fourth-order valence-electron chi connectivity index (χ4n) is 1.99. The number of nitrogens with zero attached hydrogens (tertiary/aromatic N) is 2. The molecule has 0 saturated heterocycles. The van der Waals surface area contributed by atoms with Gasteiger partial charge >= 0.3 is 0 Å². The van der Waals surface area contributed by atoms with Gasteiger partial charge in [-0.3, -0.25) is 9.78 Å². The summed E-state index contributed by atoms with van der Waals surface area (Å²) in [6, 6.07) is 7.43. The van der Waals surface area contributed by atoms with E-state index in [1.165, 1.54) is 0 Å². The molecule has 0 bridgehead atoms. The number of nitrogens with two attached hydrogens (primary N) is 1. The highest BCUT2D eigenvalue weighted by molar-refractivity contribution is 5.99. The van der Waals surface area contributed by atoms with E-state index in [2.05, 4.69) is 4.98 Å². The van der Waals surface area contributed by atoms with Crippen LogP contribution in [-0.2, 0) is 0 Å². The zero-order valence-electron chi connectivity index (χ0n) is 10.7. The standard InChI is InChI=1S/C14H17N3O/c1-3-17(4-2)14(18)11-8-10-6-5-7-12(15)13(10)16-9-11/h5-9H,3-4,15H2,1-2H3. The summed E-state index contributed by atoms with van der Waals surface area (Å²) in [7, 11) is 0. The molecule has 4 nitrogen and oxygen atoms in total. The van der Waals surface area contributed by atoms with E-state index in [1.54, 1.807) is 17.2 Å². The van der Waals surface area contributed by atoms with Crippen LogP contribution in [0.25, 0.3) is 10.9 Å². The molecule has 2 rings (SSSR count). The van der Waals surface area contributed by atoms with Crippen LogP contribution >= 0.6 is 0 Å². The third-order valence-electron chi connectivity index (χ3n) is 3.04. The van der Waals surface area contributed by atoms with Gasteiger partial charge in [-0.2, -0.15) is 0 Å². The SMILES string of the molecule is CCN(CC)C(=O)c1cnc2c(N)cccc2c1. The van der Waals surface area contributed by atoms with Crippen molar-refractivity contribution in [3.8, 4) is 0 Å². The first kappa shape index (κ1) is 12.4. The molecular weight excluding hydrogens is 226 g/mol. The van der Waals surface area contributed by atoms with Crippen LogP contribution in [0.3, 0.4) is 0 Å². The number of carbonyl (C=O) groups is 1. The second-order valence-electron chi connectivity index (χ2n) is 4.12. The molecule has 0 aliphatic rings. The second kappa shape index (κ2) is 5.04. The van der Waals surface area contributed by atoms with Gasteiger partial charge in [-0.25, -0.2) is 0 Å². The number of pyridine rings is 1. The highest BCUT2D eigenvalue weighted by atomic mass is 16.2. The minimum atomic E-state index is 0.0109. The largest absolute Gasteiger partial charge is 0.397 e. The van der Waals surface area contributed by atoms with Crippen LogP contribution in [0.15, 0.2) is 30.5 Å². The third kappa shape index (κ3) is 2.14. The molecule has 18 heavy (non-hydrogen) atoms. The minimum Gasteiger partial charge on any atom is -0.397 e. The van der Waals surface area contributed by atoms with Gasteiger partial charge < -0.3 is 10.6 Å². The van der Waals surface area contributed by atoms with Crippen molar-refractivity contribution in [1.82, 2.24) is 9.88 Å². The van der Waals surface area contributed by atoms with Crippen LogP contribution in [0.5, 0.6) is 0 Å². The first-order valence-corrected chi connectivity index (χ1v) is 6.10. The van der Waals surface area contributed by atoms with Crippen molar-refractivity contribution in [3.05, 3.63) is 36.0 Å². The van der Waals surface area contributed by atoms with E-state index in [0.29, 0.717) is 24.3 Å². The number of benzene rings is 1. The maximum atomic E-state index is 12.2. The second-order valence-corrected chi connectivity index (χ2v) is 4.12. The predicted molar refractivity (Wildman–Crippen MR) is 73.4 cm³/mol. The van der Waals surface area contributed by atoms with Crippen molar-refractivity contribution in [2.24, 2.45) is 0 Å². The van der Waals surface area contributed by atoms with Gasteiger partial charge in [0, 0.05) is 24.7 Å². The molecule has 1 aromatic heterocycles. The lowest BCUT2D eigenvalue weighted by atomic mass is 10.1. The van der Waals surface area contributed by atoms with E-state index < -0.39 is 0 Å². The number of amides is 1. The molecule has 0 aliphatic heterocycles. The van der Waals surface area contributed by atoms with Crippen molar-refractivity contribution >= 4 is 22.5 Å². The summed E-state index contributed by atoms with van der Waals surface area (Å²) in [5, 5.41) is 0.896. The Kier molecular flexibility index (Phi) is 3.46. The van der Waals surface area contributed by atoms with E-state index in [1.807, 2.05) is 32.0 Å². The van der Waals surface area contributed by atoms with Gasteiger partial charge in [0.05, 0.1) is 16.8 Å². The van der Waals surface area contributed by atoms with Crippen LogP contribution in [0.2, 0.25) is 0 Å². The third-order valence-corrected chi connectivity index (χ3v) is 3.04. The zero-order valence-corrected chi connectivity index (χ0v) is 10.7. The van der Waals surface area contributed by atoms with Crippen LogP contribution < -0.4 is 5.73 Å². The Labute approximate surface area is 106 Å². The molecule has 1 aromatic carbocycles. The molecule has 4 heteroatoms. The van der Waals surface area contributed by atoms with E-state index in [-0.39, 0.29) is 5.91 Å². The summed E-state index contributed by atoms with van der Waals surface area (Å²) >= 11 is 0. The number of rotatable bonds is 3. The molecule has 0 spiro atoms. The van der Waals surface area contributed by atoms with Gasteiger partial charge in [-0.1, -0.05) is 12.1 Å². The smallest absolute Gasteiger partial charge is 0.255 e. The highest BCUT2D eigenvalue weighted by Crippen LogP contribution is 2.19. The fourth-order valence-corrected chi connectivity index (χ4v) is 1.99. The normalized spacial score (nSPS) is 10.6.